The van der Waals surface area contributed by atoms with Crippen LogP contribution < -0.4 is 25.3 Å². The molecular weight excluding hydrogens is 308 g/mol. The Balaban J connectivity index is 1.98. The Labute approximate surface area is 141 Å². The Morgan fingerprint density at radius 2 is 1.71 bits per heavy atom. The number of nitrogen functional groups attached to an aromatic ring is 1. The molecule has 0 radical (unpaired) electrons. The molecule has 0 aromatic heterocycles. The van der Waals surface area contributed by atoms with E-state index in [-0.39, 0.29) is 12.5 Å². The van der Waals surface area contributed by atoms with Crippen LogP contribution >= 0.6 is 0 Å². The Morgan fingerprint density at radius 1 is 1.08 bits per heavy atom. The molecule has 0 atom stereocenters. The number of anilines is 2. The van der Waals surface area contributed by atoms with Crippen molar-refractivity contribution in [2.45, 2.75) is 13.3 Å². The summed E-state index contributed by atoms with van der Waals surface area (Å²) in [5, 5.41) is 2.70. The third-order valence-electron chi connectivity index (χ3n) is 3.53. The van der Waals surface area contributed by atoms with E-state index in [1.54, 1.807) is 12.1 Å². The van der Waals surface area contributed by atoms with Gasteiger partial charge in [0.25, 0.3) is 5.91 Å². The predicted molar refractivity (Wildman–Crippen MR) is 93.9 cm³/mol. The lowest BCUT2D eigenvalue weighted by molar-refractivity contribution is -0.118. The van der Waals surface area contributed by atoms with Crippen molar-refractivity contribution in [1.29, 1.82) is 0 Å². The second kappa shape index (κ2) is 8.10. The molecule has 6 nitrogen and oxygen atoms in total. The number of ether oxygens (including phenoxy) is 3. The summed E-state index contributed by atoms with van der Waals surface area (Å²) in [4.78, 5) is 12.1. The van der Waals surface area contributed by atoms with E-state index >= 15 is 0 Å². The molecule has 0 aliphatic carbocycles. The fraction of sp³-hybridized carbons (Fsp3) is 0.278. The molecule has 0 aliphatic rings. The van der Waals surface area contributed by atoms with Crippen molar-refractivity contribution in [2.24, 2.45) is 0 Å². The molecule has 0 fully saturated rings. The zero-order valence-corrected chi connectivity index (χ0v) is 14.1. The van der Waals surface area contributed by atoms with Crippen molar-refractivity contribution in [3.63, 3.8) is 0 Å². The summed E-state index contributed by atoms with van der Waals surface area (Å²) < 4.78 is 15.8. The van der Waals surface area contributed by atoms with Crippen LogP contribution in [0.3, 0.4) is 0 Å². The maximum atomic E-state index is 12.1. The molecule has 2 aromatic carbocycles. The maximum Gasteiger partial charge on any atom is 0.262 e. The van der Waals surface area contributed by atoms with Crippen LogP contribution in [0.2, 0.25) is 0 Å². The lowest BCUT2D eigenvalue weighted by Gasteiger charge is -2.13. The fourth-order valence-electron chi connectivity index (χ4n) is 2.16. The van der Waals surface area contributed by atoms with Gasteiger partial charge in [-0.1, -0.05) is 19.1 Å². The van der Waals surface area contributed by atoms with Gasteiger partial charge in [0.05, 0.1) is 25.6 Å². The molecular formula is C18H22N2O4. The zero-order valence-electron chi connectivity index (χ0n) is 14.1. The van der Waals surface area contributed by atoms with E-state index in [1.807, 2.05) is 24.3 Å². The molecule has 0 unspecified atom stereocenters. The maximum absolute atomic E-state index is 12.1. The van der Waals surface area contributed by atoms with Crippen LogP contribution in [0.15, 0.2) is 36.4 Å². The number of nitrogens with two attached hydrogens (primary N) is 1. The first-order valence-electron chi connectivity index (χ1n) is 7.60. The Hall–Kier alpha value is -2.89. The van der Waals surface area contributed by atoms with Gasteiger partial charge < -0.3 is 25.3 Å². The highest BCUT2D eigenvalue weighted by atomic mass is 16.5. The van der Waals surface area contributed by atoms with Gasteiger partial charge in [-0.2, -0.15) is 0 Å². The third kappa shape index (κ3) is 4.32. The molecule has 0 bridgehead atoms. The minimum Gasteiger partial charge on any atom is -0.493 e. The van der Waals surface area contributed by atoms with E-state index in [0.717, 1.165) is 6.42 Å². The molecule has 0 aliphatic heterocycles. The number of carbonyl (C=O) groups excluding carboxylic acids is 1. The Bertz CT molecular complexity index is 699. The van der Waals surface area contributed by atoms with Gasteiger partial charge in [0, 0.05) is 12.1 Å². The molecule has 0 saturated heterocycles. The van der Waals surface area contributed by atoms with Crippen LogP contribution in [0.25, 0.3) is 0 Å². The predicted octanol–water partition coefficient (Wildman–Crippen LogP) is 2.87. The van der Waals surface area contributed by atoms with Gasteiger partial charge in [-0.15, -0.1) is 0 Å². The van der Waals surface area contributed by atoms with E-state index in [1.165, 1.54) is 19.8 Å². The van der Waals surface area contributed by atoms with Crippen LogP contribution in [0.5, 0.6) is 17.2 Å². The SMILES string of the molecule is CCc1ccc(OCC(=O)Nc2cc(OC)c(OC)cc2N)cc1. The molecule has 6 heteroatoms. The minimum absolute atomic E-state index is 0.112. The summed E-state index contributed by atoms with van der Waals surface area (Å²) in [6.45, 7) is 1.97. The molecule has 3 N–H and O–H groups in total. The first-order chi connectivity index (χ1) is 11.6. The molecule has 128 valence electrons. The van der Waals surface area contributed by atoms with Crippen molar-refractivity contribution in [2.75, 3.05) is 31.9 Å². The average Bonchev–Trinajstić information content (AvgIpc) is 2.61. The molecule has 2 aromatic rings. The van der Waals surface area contributed by atoms with E-state index in [9.17, 15) is 4.79 Å². The van der Waals surface area contributed by atoms with Gasteiger partial charge in [0.1, 0.15) is 5.75 Å². The number of hydrogen-bond acceptors (Lipinski definition) is 5. The molecule has 0 saturated carbocycles. The molecule has 0 spiro atoms. The minimum atomic E-state index is -0.312. The highest BCUT2D eigenvalue weighted by molar-refractivity contribution is 5.95. The lowest BCUT2D eigenvalue weighted by atomic mass is 10.2. The van der Waals surface area contributed by atoms with E-state index in [2.05, 4.69) is 12.2 Å². The van der Waals surface area contributed by atoms with Gasteiger partial charge in [-0.05, 0) is 24.1 Å². The summed E-state index contributed by atoms with van der Waals surface area (Å²) in [5.41, 5.74) is 7.96. The number of methoxy groups -OCH3 is 2. The first kappa shape index (κ1) is 17.5. The van der Waals surface area contributed by atoms with Crippen molar-refractivity contribution < 1.29 is 19.0 Å². The van der Waals surface area contributed by atoms with Gasteiger partial charge in [0.2, 0.25) is 0 Å². The van der Waals surface area contributed by atoms with Crippen LogP contribution in [0.4, 0.5) is 11.4 Å². The number of rotatable bonds is 7. The summed E-state index contributed by atoms with van der Waals surface area (Å²) in [7, 11) is 3.04. The second-order valence-electron chi connectivity index (χ2n) is 5.13. The third-order valence-corrected chi connectivity index (χ3v) is 3.53. The number of carbonyl (C=O) groups is 1. The highest BCUT2D eigenvalue weighted by Gasteiger charge is 2.12. The quantitative estimate of drug-likeness (QED) is 0.763. The van der Waals surface area contributed by atoms with Crippen molar-refractivity contribution in [3.8, 4) is 17.2 Å². The summed E-state index contributed by atoms with van der Waals surface area (Å²) in [6, 6.07) is 10.8. The van der Waals surface area contributed by atoms with Gasteiger partial charge in [-0.3, -0.25) is 4.79 Å². The Morgan fingerprint density at radius 3 is 2.29 bits per heavy atom. The van der Waals surface area contributed by atoms with E-state index < -0.39 is 0 Å². The van der Waals surface area contributed by atoms with Crippen molar-refractivity contribution in [1.82, 2.24) is 0 Å². The van der Waals surface area contributed by atoms with Crippen LogP contribution in [-0.2, 0) is 11.2 Å². The second-order valence-corrected chi connectivity index (χ2v) is 5.13. The zero-order chi connectivity index (χ0) is 17.5. The van der Waals surface area contributed by atoms with Crippen LogP contribution in [0.1, 0.15) is 12.5 Å². The number of hydrogen-bond donors (Lipinski definition) is 2. The smallest absolute Gasteiger partial charge is 0.262 e. The lowest BCUT2D eigenvalue weighted by Crippen LogP contribution is -2.20. The molecule has 0 heterocycles. The largest absolute Gasteiger partial charge is 0.493 e. The van der Waals surface area contributed by atoms with Crippen molar-refractivity contribution in [3.05, 3.63) is 42.0 Å². The number of benzene rings is 2. The number of amides is 1. The van der Waals surface area contributed by atoms with Gasteiger partial charge in [0.15, 0.2) is 18.1 Å². The normalized spacial score (nSPS) is 10.1. The topological polar surface area (TPSA) is 82.8 Å². The molecule has 24 heavy (non-hydrogen) atoms. The number of aryl methyl sites for hydroxylation is 1. The summed E-state index contributed by atoms with van der Waals surface area (Å²) in [6.07, 6.45) is 0.958. The number of nitrogens with one attached hydrogen (secondary N) is 1. The van der Waals surface area contributed by atoms with Crippen LogP contribution in [-0.4, -0.2) is 26.7 Å². The molecule has 2 rings (SSSR count). The van der Waals surface area contributed by atoms with Gasteiger partial charge >= 0.3 is 0 Å². The average molecular weight is 330 g/mol. The van der Waals surface area contributed by atoms with E-state index in [4.69, 9.17) is 19.9 Å². The first-order valence-corrected chi connectivity index (χ1v) is 7.60. The fourth-order valence-corrected chi connectivity index (χ4v) is 2.16. The summed E-state index contributed by atoms with van der Waals surface area (Å²) in [5.74, 6) is 1.31. The highest BCUT2D eigenvalue weighted by Crippen LogP contribution is 2.34. The van der Waals surface area contributed by atoms with Gasteiger partial charge in [-0.25, -0.2) is 0 Å². The summed E-state index contributed by atoms with van der Waals surface area (Å²) >= 11 is 0. The molecule has 1 amide bonds. The van der Waals surface area contributed by atoms with Crippen molar-refractivity contribution >= 4 is 17.3 Å². The Kier molecular flexibility index (Phi) is 5.89. The van der Waals surface area contributed by atoms with Crippen LogP contribution in [0, 0.1) is 0 Å². The monoisotopic (exact) mass is 330 g/mol. The van der Waals surface area contributed by atoms with E-state index in [0.29, 0.717) is 28.6 Å². The standard InChI is InChI=1S/C18H22N2O4/c1-4-12-5-7-13(8-6-12)24-11-18(21)20-15-10-17(23-3)16(22-2)9-14(15)19/h5-10H,4,11,19H2,1-3H3,(H,20,21).